The fourth-order valence-electron chi connectivity index (χ4n) is 4.09. The smallest absolute Gasteiger partial charge is 0.213 e. The van der Waals surface area contributed by atoms with Crippen LogP contribution in [0.5, 0.6) is 5.75 Å². The van der Waals surface area contributed by atoms with Crippen LogP contribution >= 0.6 is 39.1 Å². The Kier molecular flexibility index (Phi) is 5.37. The second-order valence-corrected chi connectivity index (χ2v) is 9.67. The number of hydrogen-bond donors (Lipinski definition) is 0. The van der Waals surface area contributed by atoms with Gasteiger partial charge < -0.3 is 9.64 Å². The molecule has 0 unspecified atom stereocenters. The van der Waals surface area contributed by atoms with E-state index in [1.54, 1.807) is 6.07 Å². The monoisotopic (exact) mass is 515 g/mol. The van der Waals surface area contributed by atoms with E-state index in [-0.39, 0.29) is 12.3 Å². The molecule has 2 aliphatic heterocycles. The molecular weight excluding hydrogens is 497 g/mol. The van der Waals surface area contributed by atoms with E-state index in [0.29, 0.717) is 15.8 Å². The molecule has 7 heteroatoms. The first kappa shape index (κ1) is 20.7. The number of fused-ring (bicyclic) bond motifs is 3. The molecule has 31 heavy (non-hydrogen) atoms. The van der Waals surface area contributed by atoms with Crippen molar-refractivity contribution in [2.24, 2.45) is 5.10 Å². The van der Waals surface area contributed by atoms with Crippen molar-refractivity contribution < 1.29 is 4.74 Å². The summed E-state index contributed by atoms with van der Waals surface area (Å²) in [4.78, 5) is 2.07. The van der Waals surface area contributed by atoms with Gasteiger partial charge in [0.2, 0.25) is 6.23 Å². The molecule has 0 aliphatic carbocycles. The third-order valence-electron chi connectivity index (χ3n) is 5.68. The molecule has 4 nitrogen and oxygen atoms in total. The highest BCUT2D eigenvalue weighted by Crippen LogP contribution is 2.50. The van der Waals surface area contributed by atoms with E-state index in [4.69, 9.17) is 33.0 Å². The van der Waals surface area contributed by atoms with Crippen LogP contribution in [0.15, 0.2) is 70.2 Å². The first-order valence-corrected chi connectivity index (χ1v) is 11.5. The van der Waals surface area contributed by atoms with E-state index < -0.39 is 0 Å². The minimum absolute atomic E-state index is 0.00266. The van der Waals surface area contributed by atoms with Gasteiger partial charge in [0.25, 0.3) is 0 Å². The fraction of sp³-hybridized carbons (Fsp3) is 0.208. The zero-order chi connectivity index (χ0) is 21.7. The predicted octanol–water partition coefficient (Wildman–Crippen LogP) is 7.06. The molecule has 3 aromatic rings. The maximum atomic E-state index is 6.55. The molecule has 158 valence electrons. The van der Waals surface area contributed by atoms with Crippen molar-refractivity contribution in [3.63, 3.8) is 0 Å². The van der Waals surface area contributed by atoms with Crippen LogP contribution in [0.25, 0.3) is 0 Å². The van der Waals surface area contributed by atoms with E-state index >= 15 is 0 Å². The van der Waals surface area contributed by atoms with Crippen LogP contribution in [0.3, 0.4) is 0 Å². The number of hydrazone groups is 1. The molecule has 2 heterocycles. The first-order chi connectivity index (χ1) is 14.9. The lowest BCUT2D eigenvalue weighted by molar-refractivity contribution is -0.0189. The minimum atomic E-state index is -0.375. The lowest BCUT2D eigenvalue weighted by Crippen LogP contribution is -2.33. The lowest BCUT2D eigenvalue weighted by Gasteiger charge is -2.38. The summed E-state index contributed by atoms with van der Waals surface area (Å²) in [5.41, 5.74) is 5.22. The lowest BCUT2D eigenvalue weighted by atomic mass is 9.96. The number of nitrogens with zero attached hydrogens (tertiary/aromatic N) is 3. The first-order valence-electron chi connectivity index (χ1n) is 9.95. The van der Waals surface area contributed by atoms with Crippen molar-refractivity contribution >= 4 is 50.5 Å². The Balaban J connectivity index is 1.59. The summed E-state index contributed by atoms with van der Waals surface area (Å²) in [7, 11) is 4.05. The van der Waals surface area contributed by atoms with Gasteiger partial charge in [-0.1, -0.05) is 63.4 Å². The van der Waals surface area contributed by atoms with Crippen LogP contribution in [-0.2, 0) is 0 Å². The number of ether oxygens (including phenoxy) is 1. The number of anilines is 1. The summed E-state index contributed by atoms with van der Waals surface area (Å²) in [6.07, 6.45) is 0.376. The van der Waals surface area contributed by atoms with E-state index in [0.717, 1.165) is 39.0 Å². The minimum Gasteiger partial charge on any atom is -0.463 e. The van der Waals surface area contributed by atoms with Crippen molar-refractivity contribution in [3.8, 4) is 5.75 Å². The molecule has 0 spiro atoms. The Morgan fingerprint density at radius 1 is 1.03 bits per heavy atom. The highest BCUT2D eigenvalue weighted by Gasteiger charge is 2.42. The average molecular weight is 517 g/mol. The highest BCUT2D eigenvalue weighted by atomic mass is 79.9. The van der Waals surface area contributed by atoms with E-state index in [1.165, 1.54) is 0 Å². The molecule has 3 aromatic carbocycles. The second-order valence-electron chi connectivity index (χ2n) is 7.92. The molecule has 0 aromatic heterocycles. The van der Waals surface area contributed by atoms with Crippen molar-refractivity contribution in [1.82, 2.24) is 5.01 Å². The van der Waals surface area contributed by atoms with Crippen LogP contribution in [0.4, 0.5) is 5.69 Å². The van der Waals surface area contributed by atoms with Gasteiger partial charge in [0.05, 0.1) is 16.8 Å². The largest absolute Gasteiger partial charge is 0.463 e. The van der Waals surface area contributed by atoms with Gasteiger partial charge in [0, 0.05) is 46.8 Å². The number of benzene rings is 3. The van der Waals surface area contributed by atoms with Crippen LogP contribution in [-0.4, -0.2) is 24.8 Å². The summed E-state index contributed by atoms with van der Waals surface area (Å²) in [6, 6.07) is 20.2. The van der Waals surface area contributed by atoms with Crippen molar-refractivity contribution in [2.45, 2.75) is 18.7 Å². The summed E-state index contributed by atoms with van der Waals surface area (Å²) in [5.74, 6) is 0.682. The standard InChI is InChI=1S/C24H20BrCl2N3O/c1-29(2)18-9-5-15(6-10-18)24-30-22(19-11-17(26)12-20(27)23(19)31-24)13-21(28-30)14-3-7-16(25)8-4-14/h3-12,22,24H,13H2,1-2H3/t22-,24-/m0/s1. The van der Waals surface area contributed by atoms with Gasteiger partial charge in [0.15, 0.2) is 0 Å². The van der Waals surface area contributed by atoms with Gasteiger partial charge in [-0.3, -0.25) is 0 Å². The molecule has 2 atom stereocenters. The SMILES string of the molecule is CN(C)c1ccc([C@@H]2Oc3c(Cl)cc(Cl)cc3[C@@H]3CC(c4ccc(Br)cc4)=NN32)cc1. The number of rotatable bonds is 3. The predicted molar refractivity (Wildman–Crippen MR) is 130 cm³/mol. The Morgan fingerprint density at radius 2 is 1.74 bits per heavy atom. The van der Waals surface area contributed by atoms with Crippen LogP contribution < -0.4 is 9.64 Å². The van der Waals surface area contributed by atoms with Crippen LogP contribution in [0, 0.1) is 0 Å². The van der Waals surface area contributed by atoms with E-state index in [9.17, 15) is 0 Å². The zero-order valence-corrected chi connectivity index (χ0v) is 20.1. The van der Waals surface area contributed by atoms with Gasteiger partial charge in [-0.05, 0) is 42.0 Å². The summed E-state index contributed by atoms with van der Waals surface area (Å²) in [6.45, 7) is 0. The van der Waals surface area contributed by atoms with Gasteiger partial charge in [-0.25, -0.2) is 5.01 Å². The fourth-order valence-corrected chi connectivity index (χ4v) is 4.91. The number of hydrogen-bond acceptors (Lipinski definition) is 4. The molecule has 0 amide bonds. The van der Waals surface area contributed by atoms with Gasteiger partial charge in [-0.2, -0.15) is 5.10 Å². The molecule has 0 radical (unpaired) electrons. The van der Waals surface area contributed by atoms with Crippen molar-refractivity contribution in [3.05, 3.63) is 91.9 Å². The molecule has 0 fully saturated rings. The molecule has 5 rings (SSSR count). The maximum absolute atomic E-state index is 6.55. The normalized spacial score (nSPS) is 19.4. The van der Waals surface area contributed by atoms with E-state index in [1.807, 2.05) is 37.3 Å². The van der Waals surface area contributed by atoms with Crippen LogP contribution in [0.2, 0.25) is 10.0 Å². The van der Waals surface area contributed by atoms with Crippen LogP contribution in [0.1, 0.15) is 35.4 Å². The summed E-state index contributed by atoms with van der Waals surface area (Å²) >= 11 is 16.4. The van der Waals surface area contributed by atoms with Crippen molar-refractivity contribution in [1.29, 1.82) is 0 Å². The highest BCUT2D eigenvalue weighted by molar-refractivity contribution is 9.10. The van der Waals surface area contributed by atoms with E-state index in [2.05, 4.69) is 57.2 Å². The molecule has 0 saturated heterocycles. The third kappa shape index (κ3) is 3.79. The van der Waals surface area contributed by atoms with Gasteiger partial charge in [0.1, 0.15) is 5.75 Å². The Labute approximate surface area is 200 Å². The Morgan fingerprint density at radius 3 is 2.42 bits per heavy atom. The third-order valence-corrected chi connectivity index (χ3v) is 6.71. The quantitative estimate of drug-likeness (QED) is 0.372. The Hall–Kier alpha value is -2.21. The molecule has 0 N–H and O–H groups in total. The summed E-state index contributed by atoms with van der Waals surface area (Å²) < 4.78 is 7.47. The second kappa shape index (κ2) is 8.05. The molecule has 0 bridgehead atoms. The average Bonchev–Trinajstić information content (AvgIpc) is 3.19. The molecular formula is C24H20BrCl2N3O. The van der Waals surface area contributed by atoms with Gasteiger partial charge >= 0.3 is 0 Å². The summed E-state index contributed by atoms with van der Waals surface area (Å²) in [5, 5.41) is 8.15. The molecule has 0 saturated carbocycles. The van der Waals surface area contributed by atoms with Gasteiger partial charge in [-0.15, -0.1) is 0 Å². The Bertz CT molecular complexity index is 1160. The topological polar surface area (TPSA) is 28.1 Å². The maximum Gasteiger partial charge on any atom is 0.213 e. The number of halogens is 3. The molecule has 2 aliphatic rings. The van der Waals surface area contributed by atoms with Crippen molar-refractivity contribution in [2.75, 3.05) is 19.0 Å². The zero-order valence-electron chi connectivity index (χ0n) is 17.0.